The monoisotopic (exact) mass is 563 g/mol. The van der Waals surface area contributed by atoms with Crippen LogP contribution in [0.5, 0.6) is 5.75 Å². The minimum atomic E-state index is -4.26. The lowest BCUT2D eigenvalue weighted by atomic mass is 9.94. The van der Waals surface area contributed by atoms with E-state index in [-0.39, 0.29) is 17.7 Å². The van der Waals surface area contributed by atoms with Crippen molar-refractivity contribution in [1.82, 2.24) is 19.6 Å². The van der Waals surface area contributed by atoms with E-state index in [1.807, 2.05) is 0 Å². The van der Waals surface area contributed by atoms with Crippen molar-refractivity contribution in [3.05, 3.63) is 48.9 Å². The molecule has 7 atom stereocenters. The molecule has 3 aromatic rings. The number of nitrogens with two attached hydrogens (primary N) is 1. The normalized spacial score (nSPS) is 26.3. The number of nitrogens with zero attached hydrogens (tertiary/aromatic N) is 3. The van der Waals surface area contributed by atoms with Crippen molar-refractivity contribution in [2.24, 2.45) is 0 Å². The van der Waals surface area contributed by atoms with Crippen molar-refractivity contribution in [3.63, 3.8) is 0 Å². The largest absolute Gasteiger partial charge is 0.462 e. The van der Waals surface area contributed by atoms with Crippen LogP contribution in [0.4, 0.5) is 5.82 Å². The Hall–Kier alpha value is -3.06. The lowest BCUT2D eigenvalue weighted by molar-refractivity contribution is -0.149. The van der Waals surface area contributed by atoms with Gasteiger partial charge < -0.3 is 34.5 Å². The van der Waals surface area contributed by atoms with Crippen molar-refractivity contribution < 1.29 is 38.1 Å². The molecule has 2 aromatic heterocycles. The second kappa shape index (κ2) is 11.2. The number of ether oxygens (including phenoxy) is 2. The molecule has 0 aliphatic carbocycles. The first-order chi connectivity index (χ1) is 18.3. The molecule has 1 saturated heterocycles. The molecule has 0 radical (unpaired) electrons. The summed E-state index contributed by atoms with van der Waals surface area (Å²) in [4.78, 5) is 20.6. The number of hydrogen-bond acceptors (Lipinski definition) is 11. The van der Waals surface area contributed by atoms with Crippen LogP contribution >= 0.6 is 7.75 Å². The standard InChI is InChI=1S/C25H34N5O8P/c1-14(2)35-23(32)15(3)29-39(34,38-17-9-7-6-8-10-17)37-16(4)19-20(31)25(5,33)24(36-19)30-12-11-18-21(26)27-13-28-22(18)30/h6-16,19-20,24,31,33H,1-5H3,(H,29,34)(H2,26,27,28)/t15-,16?,19+,20+,24+,25+,39?/m0/s1. The summed E-state index contributed by atoms with van der Waals surface area (Å²) in [6.45, 7) is 7.78. The highest BCUT2D eigenvalue weighted by atomic mass is 31.2. The molecule has 14 heteroatoms. The van der Waals surface area contributed by atoms with E-state index in [9.17, 15) is 19.6 Å². The van der Waals surface area contributed by atoms with E-state index in [4.69, 9.17) is 24.3 Å². The number of para-hydroxylation sites is 1. The number of carbonyl (C=O) groups is 1. The molecule has 5 N–H and O–H groups in total. The van der Waals surface area contributed by atoms with Gasteiger partial charge in [0.05, 0.1) is 17.6 Å². The lowest BCUT2D eigenvalue weighted by Gasteiger charge is -2.29. The fourth-order valence-corrected chi connectivity index (χ4v) is 6.03. The summed E-state index contributed by atoms with van der Waals surface area (Å²) in [5.74, 6) is -0.182. The van der Waals surface area contributed by atoms with Gasteiger partial charge in [0, 0.05) is 6.20 Å². The Labute approximate surface area is 225 Å². The summed E-state index contributed by atoms with van der Waals surface area (Å²) in [6.07, 6.45) is -2.31. The maximum Gasteiger partial charge on any atom is 0.459 e. The Balaban J connectivity index is 1.59. The number of nitrogen functional groups attached to an aromatic ring is 1. The molecular weight excluding hydrogens is 529 g/mol. The summed E-state index contributed by atoms with van der Waals surface area (Å²) < 4.78 is 38.3. The fraction of sp³-hybridized carbons (Fsp3) is 0.480. The topological polar surface area (TPSA) is 180 Å². The van der Waals surface area contributed by atoms with Crippen LogP contribution in [0.15, 0.2) is 48.9 Å². The van der Waals surface area contributed by atoms with Crippen molar-refractivity contribution in [3.8, 4) is 5.75 Å². The second-order valence-electron chi connectivity index (χ2n) is 9.89. The second-order valence-corrected chi connectivity index (χ2v) is 11.5. The lowest BCUT2D eigenvalue weighted by Crippen LogP contribution is -2.46. The van der Waals surface area contributed by atoms with Gasteiger partial charge in [-0.25, -0.2) is 14.5 Å². The molecule has 212 valence electrons. The van der Waals surface area contributed by atoms with Gasteiger partial charge in [0.15, 0.2) is 6.23 Å². The molecule has 2 unspecified atom stereocenters. The molecule has 1 aliphatic rings. The molecule has 0 saturated carbocycles. The van der Waals surface area contributed by atoms with Crippen LogP contribution < -0.4 is 15.3 Å². The van der Waals surface area contributed by atoms with Crippen LogP contribution in [0.1, 0.15) is 40.8 Å². The van der Waals surface area contributed by atoms with Crippen molar-refractivity contribution in [2.75, 3.05) is 5.73 Å². The first kappa shape index (κ1) is 28.9. The Kier molecular flexibility index (Phi) is 8.31. The molecule has 13 nitrogen and oxygen atoms in total. The predicted octanol–water partition coefficient (Wildman–Crippen LogP) is 2.54. The number of carbonyl (C=O) groups excluding carboxylic acids is 1. The molecule has 0 spiro atoms. The summed E-state index contributed by atoms with van der Waals surface area (Å²) in [7, 11) is -4.26. The van der Waals surface area contributed by atoms with Crippen LogP contribution in [-0.4, -0.2) is 66.8 Å². The van der Waals surface area contributed by atoms with Crippen LogP contribution in [0.3, 0.4) is 0 Å². The number of hydrogen-bond donors (Lipinski definition) is 4. The van der Waals surface area contributed by atoms with Gasteiger partial charge in [-0.3, -0.25) is 9.32 Å². The Bertz CT molecular complexity index is 1350. The number of aliphatic hydroxyl groups is 2. The van der Waals surface area contributed by atoms with Gasteiger partial charge in [-0.2, -0.15) is 5.09 Å². The van der Waals surface area contributed by atoms with Crippen LogP contribution in [0.25, 0.3) is 11.0 Å². The molecule has 1 aromatic carbocycles. The number of esters is 1. The molecule has 39 heavy (non-hydrogen) atoms. The van der Waals surface area contributed by atoms with E-state index < -0.39 is 49.9 Å². The Morgan fingerprint density at radius 1 is 1.21 bits per heavy atom. The SMILES string of the molecule is CC(C)OC(=O)[C@H](C)NP(=O)(Oc1ccccc1)OC(C)[C@H]1O[C@@H](n2ccc3c(N)ncnc32)[C@](C)(O)[C@@H]1O. The zero-order chi connectivity index (χ0) is 28.5. The molecule has 3 heterocycles. The molecule has 1 fully saturated rings. The summed E-state index contributed by atoms with van der Waals surface area (Å²) in [5.41, 5.74) is 4.53. The Morgan fingerprint density at radius 3 is 2.56 bits per heavy atom. The van der Waals surface area contributed by atoms with E-state index in [1.54, 1.807) is 56.4 Å². The minimum Gasteiger partial charge on any atom is -0.462 e. The van der Waals surface area contributed by atoms with Gasteiger partial charge in [-0.15, -0.1) is 0 Å². The number of aromatic nitrogens is 3. The highest BCUT2D eigenvalue weighted by Crippen LogP contribution is 2.49. The van der Waals surface area contributed by atoms with E-state index in [0.29, 0.717) is 11.0 Å². The van der Waals surface area contributed by atoms with Gasteiger partial charge >= 0.3 is 13.7 Å². The zero-order valence-corrected chi connectivity index (χ0v) is 23.2. The van der Waals surface area contributed by atoms with Gasteiger partial charge in [0.1, 0.15) is 47.4 Å². The molecule has 4 rings (SSSR count). The van der Waals surface area contributed by atoms with E-state index in [0.717, 1.165) is 0 Å². The van der Waals surface area contributed by atoms with Crippen LogP contribution in [0, 0.1) is 0 Å². The predicted molar refractivity (Wildman–Crippen MR) is 142 cm³/mol. The van der Waals surface area contributed by atoms with Crippen molar-refractivity contribution in [2.45, 2.75) is 76.9 Å². The number of anilines is 1. The van der Waals surface area contributed by atoms with Crippen LogP contribution in [0.2, 0.25) is 0 Å². The quantitative estimate of drug-likeness (QED) is 0.209. The van der Waals surface area contributed by atoms with Crippen LogP contribution in [-0.2, 0) is 23.4 Å². The summed E-state index contributed by atoms with van der Waals surface area (Å²) >= 11 is 0. The third kappa shape index (κ3) is 6.08. The number of benzene rings is 1. The average molecular weight is 564 g/mol. The average Bonchev–Trinajstić information content (AvgIpc) is 3.38. The Morgan fingerprint density at radius 2 is 1.90 bits per heavy atom. The van der Waals surface area contributed by atoms with E-state index >= 15 is 0 Å². The number of rotatable bonds is 10. The third-order valence-electron chi connectivity index (χ3n) is 6.28. The number of aliphatic hydroxyl groups excluding tert-OH is 1. The molecule has 0 amide bonds. The first-order valence-electron chi connectivity index (χ1n) is 12.5. The first-order valence-corrected chi connectivity index (χ1v) is 14.0. The number of fused-ring (bicyclic) bond motifs is 1. The van der Waals surface area contributed by atoms with Crippen molar-refractivity contribution >= 4 is 30.6 Å². The number of nitrogens with one attached hydrogen (secondary N) is 1. The van der Waals surface area contributed by atoms with Gasteiger partial charge in [0.25, 0.3) is 0 Å². The maximum atomic E-state index is 13.9. The maximum absolute atomic E-state index is 13.9. The third-order valence-corrected chi connectivity index (χ3v) is 8.05. The highest BCUT2D eigenvalue weighted by Gasteiger charge is 2.56. The van der Waals surface area contributed by atoms with Gasteiger partial charge in [-0.1, -0.05) is 18.2 Å². The molecule has 0 bridgehead atoms. The smallest absolute Gasteiger partial charge is 0.459 e. The minimum absolute atomic E-state index is 0.221. The van der Waals surface area contributed by atoms with Gasteiger partial charge in [0.2, 0.25) is 0 Å². The highest BCUT2D eigenvalue weighted by molar-refractivity contribution is 7.52. The van der Waals surface area contributed by atoms with Gasteiger partial charge in [-0.05, 0) is 52.8 Å². The molecule has 1 aliphatic heterocycles. The summed E-state index contributed by atoms with van der Waals surface area (Å²) in [6, 6.07) is 8.89. The van der Waals surface area contributed by atoms with E-state index in [2.05, 4.69) is 15.1 Å². The van der Waals surface area contributed by atoms with Crippen molar-refractivity contribution in [1.29, 1.82) is 0 Å². The summed E-state index contributed by atoms with van der Waals surface area (Å²) in [5, 5.41) is 25.5. The molecular formula is C25H34N5O8P. The fourth-order valence-electron chi connectivity index (χ4n) is 4.34. The van der Waals surface area contributed by atoms with E-state index in [1.165, 1.54) is 31.7 Å². The zero-order valence-electron chi connectivity index (χ0n) is 22.3.